The molecule has 0 heterocycles. The lowest BCUT2D eigenvalue weighted by Crippen LogP contribution is -2.39. The Hall–Kier alpha value is -1.60. The number of aryl methyl sites for hydroxylation is 1. The standard InChI is InChI=1S/C12H18N2O4S/c1-4-18-12(15)9(3)14-19(16,17)11-7-10(13)6-5-8(11)2/h5-7,9,14H,4,13H2,1-3H3. The Balaban J connectivity index is 2.99. The fourth-order valence-electron chi connectivity index (χ4n) is 1.52. The molecule has 1 rings (SSSR count). The molecule has 0 saturated heterocycles. The Morgan fingerprint density at radius 3 is 2.68 bits per heavy atom. The van der Waals surface area contributed by atoms with Crippen LogP contribution >= 0.6 is 0 Å². The summed E-state index contributed by atoms with van der Waals surface area (Å²) in [4.78, 5) is 11.5. The van der Waals surface area contributed by atoms with Gasteiger partial charge in [0.2, 0.25) is 10.0 Å². The molecule has 0 fully saturated rings. The molecule has 1 atom stereocenters. The maximum atomic E-state index is 12.1. The second-order valence-corrected chi connectivity index (χ2v) is 5.80. The van der Waals surface area contributed by atoms with Crippen LogP contribution in [-0.4, -0.2) is 27.0 Å². The van der Waals surface area contributed by atoms with Gasteiger partial charge in [0.1, 0.15) is 6.04 Å². The molecule has 0 bridgehead atoms. The molecule has 0 amide bonds. The predicted octanol–water partition coefficient (Wildman–Crippen LogP) is 0.807. The van der Waals surface area contributed by atoms with Crippen LogP contribution in [0.2, 0.25) is 0 Å². The minimum atomic E-state index is -3.81. The highest BCUT2D eigenvalue weighted by Crippen LogP contribution is 2.18. The lowest BCUT2D eigenvalue weighted by molar-refractivity contribution is -0.144. The van der Waals surface area contributed by atoms with Crippen molar-refractivity contribution in [3.05, 3.63) is 23.8 Å². The Morgan fingerprint density at radius 1 is 1.47 bits per heavy atom. The first-order valence-corrected chi connectivity index (χ1v) is 7.31. The van der Waals surface area contributed by atoms with E-state index in [9.17, 15) is 13.2 Å². The first-order valence-electron chi connectivity index (χ1n) is 5.83. The number of carbonyl (C=O) groups is 1. The van der Waals surface area contributed by atoms with E-state index in [1.54, 1.807) is 26.0 Å². The van der Waals surface area contributed by atoms with Gasteiger partial charge in [-0.15, -0.1) is 0 Å². The average Bonchev–Trinajstić information content (AvgIpc) is 2.31. The SMILES string of the molecule is CCOC(=O)C(C)NS(=O)(=O)c1cc(N)ccc1C. The topological polar surface area (TPSA) is 98.5 Å². The lowest BCUT2D eigenvalue weighted by atomic mass is 10.2. The summed E-state index contributed by atoms with van der Waals surface area (Å²) >= 11 is 0. The van der Waals surface area contributed by atoms with Crippen LogP contribution in [0, 0.1) is 6.92 Å². The summed E-state index contributed by atoms with van der Waals surface area (Å²) in [5, 5.41) is 0. The molecular weight excluding hydrogens is 268 g/mol. The van der Waals surface area contributed by atoms with Crippen molar-refractivity contribution in [3.8, 4) is 0 Å². The Labute approximate surface area is 113 Å². The Kier molecular flexibility index (Phi) is 4.90. The molecule has 106 valence electrons. The van der Waals surface area contributed by atoms with Gasteiger partial charge in [-0.05, 0) is 38.5 Å². The molecule has 0 aliphatic carbocycles. The van der Waals surface area contributed by atoms with Crippen LogP contribution in [-0.2, 0) is 19.6 Å². The highest BCUT2D eigenvalue weighted by Gasteiger charge is 2.24. The summed E-state index contributed by atoms with van der Waals surface area (Å²) in [5.41, 5.74) is 6.47. The van der Waals surface area contributed by atoms with Gasteiger partial charge in [-0.3, -0.25) is 4.79 Å². The van der Waals surface area contributed by atoms with Crippen molar-refractivity contribution < 1.29 is 17.9 Å². The molecule has 0 radical (unpaired) electrons. The number of esters is 1. The molecule has 19 heavy (non-hydrogen) atoms. The monoisotopic (exact) mass is 286 g/mol. The van der Waals surface area contributed by atoms with E-state index in [4.69, 9.17) is 10.5 Å². The minimum absolute atomic E-state index is 0.0589. The quantitative estimate of drug-likeness (QED) is 0.616. The van der Waals surface area contributed by atoms with E-state index in [2.05, 4.69) is 4.72 Å². The molecule has 0 aliphatic rings. The van der Waals surface area contributed by atoms with Crippen LogP contribution in [0.25, 0.3) is 0 Å². The van der Waals surface area contributed by atoms with Crippen molar-refractivity contribution in [1.29, 1.82) is 0 Å². The summed E-state index contributed by atoms with van der Waals surface area (Å²) in [7, 11) is -3.81. The number of ether oxygens (including phenoxy) is 1. The number of hydrogen-bond acceptors (Lipinski definition) is 5. The summed E-state index contributed by atoms with van der Waals surface area (Å²) in [5.74, 6) is -0.618. The second-order valence-electron chi connectivity index (χ2n) is 4.12. The Morgan fingerprint density at radius 2 is 2.11 bits per heavy atom. The largest absolute Gasteiger partial charge is 0.465 e. The number of hydrogen-bond donors (Lipinski definition) is 2. The fraction of sp³-hybridized carbons (Fsp3) is 0.417. The van der Waals surface area contributed by atoms with Crippen LogP contribution < -0.4 is 10.5 Å². The zero-order valence-electron chi connectivity index (χ0n) is 11.1. The van der Waals surface area contributed by atoms with Crippen LogP contribution in [0.4, 0.5) is 5.69 Å². The van der Waals surface area contributed by atoms with Crippen molar-refractivity contribution in [2.45, 2.75) is 31.7 Å². The highest BCUT2D eigenvalue weighted by molar-refractivity contribution is 7.89. The van der Waals surface area contributed by atoms with Crippen molar-refractivity contribution >= 4 is 21.7 Å². The molecule has 0 aliphatic heterocycles. The van der Waals surface area contributed by atoms with Crippen molar-refractivity contribution in [1.82, 2.24) is 4.72 Å². The number of carbonyl (C=O) groups excluding carboxylic acids is 1. The Bertz CT molecular complexity index is 569. The first kappa shape index (κ1) is 15.5. The molecule has 7 heteroatoms. The minimum Gasteiger partial charge on any atom is -0.465 e. The fourth-order valence-corrected chi connectivity index (χ4v) is 2.99. The normalized spacial score (nSPS) is 13.0. The van der Waals surface area contributed by atoms with Crippen molar-refractivity contribution in [3.63, 3.8) is 0 Å². The van der Waals surface area contributed by atoms with Gasteiger partial charge in [0, 0.05) is 5.69 Å². The van der Waals surface area contributed by atoms with E-state index < -0.39 is 22.0 Å². The number of nitrogen functional groups attached to an aromatic ring is 1. The summed E-state index contributed by atoms with van der Waals surface area (Å²) < 4.78 is 31.3. The van der Waals surface area contributed by atoms with Crippen LogP contribution in [0.1, 0.15) is 19.4 Å². The molecule has 1 aromatic carbocycles. The zero-order valence-corrected chi connectivity index (χ0v) is 12.0. The molecule has 3 N–H and O–H groups in total. The highest BCUT2D eigenvalue weighted by atomic mass is 32.2. The molecular formula is C12H18N2O4S. The molecule has 1 unspecified atom stereocenters. The van der Waals surface area contributed by atoms with E-state index in [1.165, 1.54) is 13.0 Å². The van der Waals surface area contributed by atoms with Gasteiger partial charge in [-0.25, -0.2) is 8.42 Å². The number of nitrogens with two attached hydrogens (primary N) is 1. The molecule has 0 saturated carbocycles. The van der Waals surface area contributed by atoms with Gasteiger partial charge < -0.3 is 10.5 Å². The van der Waals surface area contributed by atoms with Crippen LogP contribution in [0.15, 0.2) is 23.1 Å². The van der Waals surface area contributed by atoms with Gasteiger partial charge in [0.25, 0.3) is 0 Å². The zero-order chi connectivity index (χ0) is 14.6. The average molecular weight is 286 g/mol. The van der Waals surface area contributed by atoms with E-state index in [-0.39, 0.29) is 11.5 Å². The third-order valence-electron chi connectivity index (χ3n) is 2.47. The van der Waals surface area contributed by atoms with Crippen molar-refractivity contribution in [2.75, 3.05) is 12.3 Å². The van der Waals surface area contributed by atoms with E-state index >= 15 is 0 Å². The molecule has 0 spiro atoms. The second kappa shape index (κ2) is 6.03. The van der Waals surface area contributed by atoms with Gasteiger partial charge >= 0.3 is 5.97 Å². The van der Waals surface area contributed by atoms with Crippen LogP contribution in [0.5, 0.6) is 0 Å². The number of rotatable bonds is 5. The predicted molar refractivity (Wildman–Crippen MR) is 72.0 cm³/mol. The first-order chi connectivity index (χ1) is 8.77. The number of benzene rings is 1. The third kappa shape index (κ3) is 3.93. The van der Waals surface area contributed by atoms with Gasteiger partial charge in [0.15, 0.2) is 0 Å². The number of sulfonamides is 1. The summed E-state index contributed by atoms with van der Waals surface area (Å²) in [6, 6.07) is 3.63. The third-order valence-corrected chi connectivity index (χ3v) is 4.16. The number of anilines is 1. The van der Waals surface area contributed by atoms with E-state index in [1.807, 2.05) is 0 Å². The van der Waals surface area contributed by atoms with Crippen molar-refractivity contribution in [2.24, 2.45) is 0 Å². The smallest absolute Gasteiger partial charge is 0.323 e. The van der Waals surface area contributed by atoms with Gasteiger partial charge in [-0.2, -0.15) is 4.72 Å². The van der Waals surface area contributed by atoms with E-state index in [0.29, 0.717) is 11.3 Å². The number of nitrogens with one attached hydrogen (secondary N) is 1. The van der Waals surface area contributed by atoms with Gasteiger partial charge in [-0.1, -0.05) is 6.07 Å². The molecule has 1 aromatic rings. The summed E-state index contributed by atoms with van der Waals surface area (Å²) in [6.45, 7) is 4.93. The molecule has 6 nitrogen and oxygen atoms in total. The lowest BCUT2D eigenvalue weighted by Gasteiger charge is -2.14. The van der Waals surface area contributed by atoms with E-state index in [0.717, 1.165) is 0 Å². The summed E-state index contributed by atoms with van der Waals surface area (Å²) in [6.07, 6.45) is 0. The maximum absolute atomic E-state index is 12.1. The van der Waals surface area contributed by atoms with Crippen LogP contribution in [0.3, 0.4) is 0 Å². The molecule has 0 aromatic heterocycles. The van der Waals surface area contributed by atoms with Gasteiger partial charge in [0.05, 0.1) is 11.5 Å². The maximum Gasteiger partial charge on any atom is 0.323 e.